The SMILES string of the molecule is CC(C)(C)OC(=O)N[C@@H](C[Si](C)(C)C)[C@@H](CO)O[Si](C)(C)C(C)(C)C. The summed E-state index contributed by atoms with van der Waals surface area (Å²) in [5, 5.41) is 13.0. The van der Waals surface area contributed by atoms with Crippen molar-refractivity contribution >= 4 is 22.5 Å². The van der Waals surface area contributed by atoms with E-state index in [2.05, 4.69) is 58.8 Å². The Labute approximate surface area is 157 Å². The van der Waals surface area contributed by atoms with E-state index in [9.17, 15) is 9.90 Å². The molecule has 0 bridgehead atoms. The minimum absolute atomic E-state index is 0.0377. The Morgan fingerprint density at radius 3 is 1.84 bits per heavy atom. The highest BCUT2D eigenvalue weighted by Gasteiger charge is 2.41. The van der Waals surface area contributed by atoms with Crippen LogP contribution in [0.15, 0.2) is 0 Å². The molecule has 1 amide bonds. The second-order valence-corrected chi connectivity index (χ2v) is 20.9. The largest absolute Gasteiger partial charge is 0.444 e. The van der Waals surface area contributed by atoms with Crippen LogP contribution < -0.4 is 5.32 Å². The number of hydrogen-bond acceptors (Lipinski definition) is 4. The van der Waals surface area contributed by atoms with E-state index >= 15 is 0 Å². The van der Waals surface area contributed by atoms with E-state index in [0.29, 0.717) is 0 Å². The van der Waals surface area contributed by atoms with Gasteiger partial charge in [-0.25, -0.2) is 4.79 Å². The van der Waals surface area contributed by atoms with Crippen molar-refractivity contribution in [3.05, 3.63) is 0 Å². The summed E-state index contributed by atoms with van der Waals surface area (Å²) >= 11 is 0. The van der Waals surface area contributed by atoms with Crippen molar-refractivity contribution in [1.82, 2.24) is 5.32 Å². The maximum absolute atomic E-state index is 12.3. The molecule has 25 heavy (non-hydrogen) atoms. The molecule has 0 radical (unpaired) electrons. The number of amides is 1. The summed E-state index contributed by atoms with van der Waals surface area (Å²) in [4.78, 5) is 12.3. The van der Waals surface area contributed by atoms with E-state index in [1.807, 2.05) is 20.8 Å². The van der Waals surface area contributed by atoms with Gasteiger partial charge in [0.05, 0.1) is 18.8 Å². The highest BCUT2D eigenvalue weighted by molar-refractivity contribution is 6.76. The molecule has 5 nitrogen and oxygen atoms in total. The summed E-state index contributed by atoms with van der Waals surface area (Å²) in [6.45, 7) is 23.0. The molecule has 0 aliphatic heterocycles. The number of aliphatic hydroxyl groups is 1. The molecule has 2 atom stereocenters. The number of nitrogens with one attached hydrogen (secondary N) is 1. The van der Waals surface area contributed by atoms with Crippen molar-refractivity contribution in [1.29, 1.82) is 0 Å². The average molecular weight is 392 g/mol. The number of rotatable bonds is 7. The molecule has 0 aliphatic rings. The van der Waals surface area contributed by atoms with Crippen LogP contribution >= 0.6 is 0 Å². The van der Waals surface area contributed by atoms with Crippen molar-refractivity contribution < 1.29 is 19.1 Å². The highest BCUT2D eigenvalue weighted by Crippen LogP contribution is 2.38. The number of hydrogen-bond donors (Lipinski definition) is 2. The van der Waals surface area contributed by atoms with Gasteiger partial charge in [0.15, 0.2) is 8.32 Å². The Balaban J connectivity index is 5.38. The monoisotopic (exact) mass is 391 g/mol. The fourth-order valence-corrected chi connectivity index (χ4v) is 5.23. The Hall–Kier alpha value is -0.376. The number of carbonyl (C=O) groups excluding carboxylic acids is 1. The van der Waals surface area contributed by atoms with Crippen LogP contribution in [-0.2, 0) is 9.16 Å². The van der Waals surface area contributed by atoms with Crippen molar-refractivity contribution in [2.24, 2.45) is 0 Å². The van der Waals surface area contributed by atoms with Crippen molar-refractivity contribution in [2.75, 3.05) is 6.61 Å². The molecule has 0 unspecified atom stereocenters. The standard InChI is InChI=1S/C18H41NO4Si2/c1-17(2,3)22-16(21)19-14(13-24(7,8)9)15(12-20)23-25(10,11)18(4,5)6/h14-15,20H,12-13H2,1-11H3,(H,19,21)/t14-,15+/m0/s1. The maximum atomic E-state index is 12.3. The van der Waals surface area contributed by atoms with Gasteiger partial charge in [-0.3, -0.25) is 0 Å². The van der Waals surface area contributed by atoms with Crippen molar-refractivity contribution in [2.45, 2.75) is 103 Å². The predicted molar refractivity (Wildman–Crippen MR) is 110 cm³/mol. The third kappa shape index (κ3) is 9.77. The summed E-state index contributed by atoms with van der Waals surface area (Å²) in [5.74, 6) is 0. The molecule has 0 aromatic rings. The van der Waals surface area contributed by atoms with Crippen LogP contribution in [0.3, 0.4) is 0 Å². The highest BCUT2D eigenvalue weighted by atomic mass is 28.4. The minimum atomic E-state index is -2.06. The van der Waals surface area contributed by atoms with E-state index in [-0.39, 0.29) is 17.7 Å². The summed E-state index contributed by atoms with van der Waals surface area (Å²) in [6.07, 6.45) is -0.867. The van der Waals surface area contributed by atoms with Gasteiger partial charge < -0.3 is 19.6 Å². The third-order valence-electron chi connectivity index (χ3n) is 4.42. The van der Waals surface area contributed by atoms with Gasteiger partial charge in [-0.1, -0.05) is 40.4 Å². The van der Waals surface area contributed by atoms with Gasteiger partial charge in [0, 0.05) is 8.07 Å². The Kier molecular flexibility index (Phi) is 8.41. The normalized spacial score (nSPS) is 16.3. The van der Waals surface area contributed by atoms with Gasteiger partial charge in [-0.15, -0.1) is 0 Å². The molecule has 7 heteroatoms. The van der Waals surface area contributed by atoms with Gasteiger partial charge in [-0.05, 0) is 44.9 Å². The smallest absolute Gasteiger partial charge is 0.407 e. The molecule has 150 valence electrons. The molecule has 0 heterocycles. The van der Waals surface area contributed by atoms with Crippen LogP contribution in [0.25, 0.3) is 0 Å². The second-order valence-electron chi connectivity index (χ2n) is 10.6. The molecule has 0 spiro atoms. The molecule has 0 saturated heterocycles. The van der Waals surface area contributed by atoms with Gasteiger partial charge in [-0.2, -0.15) is 0 Å². The van der Waals surface area contributed by atoms with E-state index < -0.39 is 34.2 Å². The lowest BCUT2D eigenvalue weighted by molar-refractivity contribution is 0.0372. The van der Waals surface area contributed by atoms with E-state index in [1.165, 1.54) is 0 Å². The Morgan fingerprint density at radius 1 is 1.04 bits per heavy atom. The van der Waals surface area contributed by atoms with E-state index in [0.717, 1.165) is 6.04 Å². The second kappa shape index (κ2) is 8.54. The van der Waals surface area contributed by atoms with E-state index in [4.69, 9.17) is 9.16 Å². The fourth-order valence-electron chi connectivity index (χ4n) is 2.20. The van der Waals surface area contributed by atoms with Crippen LogP contribution in [0.1, 0.15) is 41.5 Å². The molecule has 0 fully saturated rings. The lowest BCUT2D eigenvalue weighted by Crippen LogP contribution is -2.55. The predicted octanol–water partition coefficient (Wildman–Crippen LogP) is 4.60. The number of aliphatic hydroxyl groups excluding tert-OH is 1. The topological polar surface area (TPSA) is 67.8 Å². The lowest BCUT2D eigenvalue weighted by atomic mass is 10.2. The first-order valence-electron chi connectivity index (χ1n) is 9.16. The number of carbonyl (C=O) groups is 1. The zero-order valence-corrected chi connectivity index (χ0v) is 20.2. The zero-order valence-electron chi connectivity index (χ0n) is 18.2. The first kappa shape index (κ1) is 24.6. The van der Waals surface area contributed by atoms with Gasteiger partial charge in [0.1, 0.15) is 5.60 Å². The molecule has 2 N–H and O–H groups in total. The first-order chi connectivity index (χ1) is 10.9. The third-order valence-corrected chi connectivity index (χ3v) is 10.6. The van der Waals surface area contributed by atoms with Crippen LogP contribution in [0.4, 0.5) is 4.79 Å². The summed E-state index contributed by atoms with van der Waals surface area (Å²) in [5.41, 5.74) is -0.553. The molecular weight excluding hydrogens is 350 g/mol. The quantitative estimate of drug-likeness (QED) is 0.622. The van der Waals surface area contributed by atoms with Crippen molar-refractivity contribution in [3.8, 4) is 0 Å². The number of ether oxygens (including phenoxy) is 1. The van der Waals surface area contributed by atoms with Crippen LogP contribution in [0.5, 0.6) is 0 Å². The Morgan fingerprint density at radius 2 is 1.52 bits per heavy atom. The zero-order chi connectivity index (χ0) is 20.3. The lowest BCUT2D eigenvalue weighted by Gasteiger charge is -2.42. The van der Waals surface area contributed by atoms with Gasteiger partial charge in [0.2, 0.25) is 0 Å². The molecular formula is C18H41NO4Si2. The van der Waals surface area contributed by atoms with E-state index in [1.54, 1.807) is 0 Å². The number of alkyl carbamates (subject to hydrolysis) is 1. The summed E-state index contributed by atoms with van der Waals surface area (Å²) in [7, 11) is -3.55. The molecule has 0 aromatic heterocycles. The molecule has 0 aromatic carbocycles. The Bertz CT molecular complexity index is 434. The summed E-state index contributed by atoms with van der Waals surface area (Å²) < 4.78 is 11.8. The van der Waals surface area contributed by atoms with Crippen LogP contribution in [0, 0.1) is 0 Å². The minimum Gasteiger partial charge on any atom is -0.444 e. The fraction of sp³-hybridized carbons (Fsp3) is 0.944. The average Bonchev–Trinajstić information content (AvgIpc) is 2.29. The van der Waals surface area contributed by atoms with Gasteiger partial charge >= 0.3 is 6.09 Å². The molecule has 0 saturated carbocycles. The molecule has 0 rings (SSSR count). The first-order valence-corrected chi connectivity index (χ1v) is 15.8. The summed E-state index contributed by atoms with van der Waals surface area (Å²) in [6, 6.07) is 0.576. The molecule has 0 aliphatic carbocycles. The van der Waals surface area contributed by atoms with Crippen molar-refractivity contribution in [3.63, 3.8) is 0 Å². The van der Waals surface area contributed by atoms with Crippen LogP contribution in [-0.4, -0.2) is 51.9 Å². The maximum Gasteiger partial charge on any atom is 0.407 e. The van der Waals surface area contributed by atoms with Gasteiger partial charge in [0.25, 0.3) is 0 Å². The van der Waals surface area contributed by atoms with Crippen LogP contribution in [0.2, 0.25) is 43.8 Å².